The first-order valence-electron chi connectivity index (χ1n) is 12.7. The first-order chi connectivity index (χ1) is 17.9. The molecule has 0 saturated carbocycles. The topological polar surface area (TPSA) is 84.4 Å². The van der Waals surface area contributed by atoms with E-state index in [1.165, 1.54) is 6.26 Å². The normalized spacial score (nSPS) is 16.5. The molecule has 0 aliphatic carbocycles. The highest BCUT2D eigenvalue weighted by Crippen LogP contribution is 2.37. The van der Waals surface area contributed by atoms with Gasteiger partial charge in [-0.2, -0.15) is 0 Å². The molecule has 8 heteroatoms. The van der Waals surface area contributed by atoms with E-state index in [1.54, 1.807) is 18.2 Å². The van der Waals surface area contributed by atoms with Crippen molar-refractivity contribution in [1.29, 1.82) is 0 Å². The van der Waals surface area contributed by atoms with Crippen LogP contribution < -0.4 is 10.1 Å². The lowest BCUT2D eigenvalue weighted by molar-refractivity contribution is 0.226. The number of ether oxygens (including phenoxy) is 1. The third-order valence-electron chi connectivity index (χ3n) is 6.85. The molecule has 7 nitrogen and oxygen atoms in total. The number of rotatable bonds is 8. The Balaban J connectivity index is 1.54. The highest BCUT2D eigenvalue weighted by atomic mass is 32.2. The molecule has 1 N–H and O–H groups in total. The van der Waals surface area contributed by atoms with Crippen LogP contribution in [0.1, 0.15) is 25.3 Å². The molecule has 5 rings (SSSR count). The fourth-order valence-electron chi connectivity index (χ4n) is 4.85. The molecular weight excluding hydrogens is 484 g/mol. The van der Waals surface area contributed by atoms with Crippen LogP contribution in [0.5, 0.6) is 5.75 Å². The number of nitrogens with zero attached hydrogens (tertiary/aromatic N) is 3. The molecule has 4 aromatic rings. The lowest BCUT2D eigenvalue weighted by Gasteiger charge is -2.32. The van der Waals surface area contributed by atoms with Crippen molar-refractivity contribution >= 4 is 26.4 Å². The average molecular weight is 517 g/mol. The van der Waals surface area contributed by atoms with E-state index in [1.807, 2.05) is 54.6 Å². The van der Waals surface area contributed by atoms with Gasteiger partial charge in [0, 0.05) is 35.2 Å². The van der Waals surface area contributed by atoms with Crippen LogP contribution in [0.25, 0.3) is 22.0 Å². The van der Waals surface area contributed by atoms with Crippen LogP contribution in [0.15, 0.2) is 77.7 Å². The van der Waals surface area contributed by atoms with Crippen molar-refractivity contribution < 1.29 is 13.2 Å². The van der Waals surface area contributed by atoms with Gasteiger partial charge in [0.15, 0.2) is 15.7 Å². The maximum absolute atomic E-state index is 12.3. The average Bonchev–Trinajstić information content (AvgIpc) is 2.92. The Hall–Kier alpha value is -3.49. The Morgan fingerprint density at radius 3 is 2.51 bits per heavy atom. The molecular formula is C29H32N4O3S. The molecule has 0 amide bonds. The van der Waals surface area contributed by atoms with Crippen LogP contribution in [0.2, 0.25) is 0 Å². The Bertz CT molecular complexity index is 1490. The number of aromatic nitrogens is 2. The first kappa shape index (κ1) is 25.2. The molecule has 0 spiro atoms. The van der Waals surface area contributed by atoms with Crippen LogP contribution in [-0.2, 0) is 16.4 Å². The minimum Gasteiger partial charge on any atom is -0.488 e. The maximum atomic E-state index is 12.3. The molecule has 0 bridgehead atoms. The second-order valence-electron chi connectivity index (χ2n) is 9.52. The highest BCUT2D eigenvalue weighted by molar-refractivity contribution is 7.90. The number of likely N-dealkylation sites (N-methyl/N-ethyl adjacent to an activating group) is 1. The summed E-state index contributed by atoms with van der Waals surface area (Å²) in [5.41, 5.74) is 2.35. The maximum Gasteiger partial charge on any atom is 0.175 e. The van der Waals surface area contributed by atoms with Crippen molar-refractivity contribution in [2.24, 2.45) is 0 Å². The first-order valence-corrected chi connectivity index (χ1v) is 14.6. The standard InChI is InChI=1S/C29H32N4O3S/c1-3-33-17-9-12-22(19-33)30-29-25-14-8-7-13-24(25)28(31-32-29)26-16-15-23(37(2,34)35)18-27(26)36-20-21-10-5-4-6-11-21/h4-8,10-11,13-16,18,22H,3,9,12,17,19-20H2,1-2H3,(H,30,32)/t22-/m1/s1. The fourth-order valence-corrected chi connectivity index (χ4v) is 5.48. The van der Waals surface area contributed by atoms with Gasteiger partial charge in [0.1, 0.15) is 18.1 Å². The van der Waals surface area contributed by atoms with Gasteiger partial charge in [-0.1, -0.05) is 61.5 Å². The third-order valence-corrected chi connectivity index (χ3v) is 7.96. The minimum absolute atomic E-state index is 0.202. The summed E-state index contributed by atoms with van der Waals surface area (Å²) in [6.45, 7) is 5.66. The SMILES string of the molecule is CCN1CCC[C@@H](Nc2nnc(-c3ccc(S(C)(=O)=O)cc3OCc3ccccc3)c3ccccc23)C1. The lowest BCUT2D eigenvalue weighted by Crippen LogP contribution is -2.42. The fraction of sp³-hybridized carbons (Fsp3) is 0.310. The van der Waals surface area contributed by atoms with E-state index in [0.29, 0.717) is 29.7 Å². The van der Waals surface area contributed by atoms with E-state index in [9.17, 15) is 8.42 Å². The van der Waals surface area contributed by atoms with Gasteiger partial charge in [0.05, 0.1) is 4.90 Å². The van der Waals surface area contributed by atoms with Crippen molar-refractivity contribution in [3.63, 3.8) is 0 Å². The summed E-state index contributed by atoms with van der Waals surface area (Å²) in [5.74, 6) is 1.22. The molecule has 1 saturated heterocycles. The molecule has 1 fully saturated rings. The lowest BCUT2D eigenvalue weighted by atomic mass is 10.0. The number of fused-ring (bicyclic) bond motifs is 1. The summed E-state index contributed by atoms with van der Waals surface area (Å²) in [5, 5.41) is 14.8. The molecule has 0 unspecified atom stereocenters. The van der Waals surface area contributed by atoms with Gasteiger partial charge in [-0.05, 0) is 49.7 Å². The van der Waals surface area contributed by atoms with Gasteiger partial charge in [-0.3, -0.25) is 0 Å². The van der Waals surface area contributed by atoms with Crippen molar-refractivity contribution in [2.75, 3.05) is 31.2 Å². The van der Waals surface area contributed by atoms with Crippen LogP contribution in [-0.4, -0.2) is 55.4 Å². The van der Waals surface area contributed by atoms with Gasteiger partial charge < -0.3 is 15.0 Å². The zero-order valence-corrected chi connectivity index (χ0v) is 22.0. The summed E-state index contributed by atoms with van der Waals surface area (Å²) in [6, 6.07) is 23.1. The second kappa shape index (κ2) is 10.9. The molecule has 1 atom stereocenters. The van der Waals surface area contributed by atoms with Crippen LogP contribution >= 0.6 is 0 Å². The van der Waals surface area contributed by atoms with E-state index in [-0.39, 0.29) is 4.90 Å². The van der Waals surface area contributed by atoms with Crippen molar-refractivity contribution in [3.05, 3.63) is 78.4 Å². The van der Waals surface area contributed by atoms with E-state index < -0.39 is 9.84 Å². The highest BCUT2D eigenvalue weighted by Gasteiger charge is 2.22. The summed E-state index contributed by atoms with van der Waals surface area (Å²) >= 11 is 0. The third kappa shape index (κ3) is 5.76. The summed E-state index contributed by atoms with van der Waals surface area (Å²) in [6.07, 6.45) is 3.45. The number of anilines is 1. The number of hydrogen-bond donors (Lipinski definition) is 1. The molecule has 2 heterocycles. The predicted octanol–water partition coefficient (Wildman–Crippen LogP) is 5.18. The summed E-state index contributed by atoms with van der Waals surface area (Å²) < 4.78 is 30.8. The van der Waals surface area contributed by atoms with Crippen molar-refractivity contribution in [2.45, 2.75) is 37.3 Å². The largest absolute Gasteiger partial charge is 0.488 e. The number of sulfone groups is 1. The number of likely N-dealkylation sites (tertiary alicyclic amines) is 1. The second-order valence-corrected chi connectivity index (χ2v) is 11.5. The van der Waals surface area contributed by atoms with Gasteiger partial charge in [0.25, 0.3) is 0 Å². The van der Waals surface area contributed by atoms with Gasteiger partial charge in [-0.25, -0.2) is 8.42 Å². The quantitative estimate of drug-likeness (QED) is 0.346. The molecule has 1 aliphatic rings. The van der Waals surface area contributed by atoms with Gasteiger partial charge in [-0.15, -0.1) is 10.2 Å². The molecule has 1 aromatic heterocycles. The molecule has 3 aromatic carbocycles. The Labute approximate surface area is 218 Å². The molecule has 1 aliphatic heterocycles. The van der Waals surface area contributed by atoms with Gasteiger partial charge >= 0.3 is 0 Å². The minimum atomic E-state index is -3.41. The predicted molar refractivity (Wildman–Crippen MR) is 148 cm³/mol. The zero-order chi connectivity index (χ0) is 25.8. The van der Waals surface area contributed by atoms with E-state index in [2.05, 4.69) is 27.3 Å². The molecule has 37 heavy (non-hydrogen) atoms. The summed E-state index contributed by atoms with van der Waals surface area (Å²) in [7, 11) is -3.41. The van der Waals surface area contributed by atoms with Gasteiger partial charge in [0.2, 0.25) is 0 Å². The number of hydrogen-bond acceptors (Lipinski definition) is 7. The van der Waals surface area contributed by atoms with Crippen molar-refractivity contribution in [3.8, 4) is 17.0 Å². The van der Waals surface area contributed by atoms with E-state index in [0.717, 1.165) is 54.6 Å². The van der Waals surface area contributed by atoms with Crippen LogP contribution in [0.3, 0.4) is 0 Å². The smallest absolute Gasteiger partial charge is 0.175 e. The van der Waals surface area contributed by atoms with Crippen LogP contribution in [0, 0.1) is 0 Å². The molecule has 0 radical (unpaired) electrons. The Kier molecular flexibility index (Phi) is 7.39. The number of benzene rings is 3. The Morgan fingerprint density at radius 2 is 1.76 bits per heavy atom. The number of nitrogens with one attached hydrogen (secondary N) is 1. The van der Waals surface area contributed by atoms with Crippen molar-refractivity contribution in [1.82, 2.24) is 15.1 Å². The summed E-state index contributed by atoms with van der Waals surface area (Å²) in [4.78, 5) is 2.65. The number of piperidine rings is 1. The zero-order valence-electron chi connectivity index (χ0n) is 21.2. The Morgan fingerprint density at radius 1 is 1.00 bits per heavy atom. The molecule has 192 valence electrons. The van der Waals surface area contributed by atoms with E-state index in [4.69, 9.17) is 4.74 Å². The monoisotopic (exact) mass is 516 g/mol. The van der Waals surface area contributed by atoms with Crippen LogP contribution in [0.4, 0.5) is 5.82 Å². The van der Waals surface area contributed by atoms with E-state index >= 15 is 0 Å².